The number of carboxylic acid groups (broad SMARTS) is 1. The molecule has 10 heteroatoms. The van der Waals surface area contributed by atoms with Crippen LogP contribution in [0.3, 0.4) is 0 Å². The number of hydrogen-bond donors (Lipinski definition) is 1. The van der Waals surface area contributed by atoms with Gasteiger partial charge in [0, 0.05) is 24.8 Å². The fraction of sp³-hybridized carbons (Fsp3) is 0.500. The number of morpholine rings is 1. The van der Waals surface area contributed by atoms with Crippen LogP contribution in [0.1, 0.15) is 18.6 Å². The monoisotopic (exact) mass is 428 g/mol. The van der Waals surface area contributed by atoms with Gasteiger partial charge in [0.15, 0.2) is 0 Å². The molecular weight excluding hydrogens is 405 g/mol. The maximum Gasteiger partial charge on any atom is 0.490 e. The highest BCUT2D eigenvalue weighted by Gasteiger charge is 2.41. The van der Waals surface area contributed by atoms with Crippen LogP contribution < -0.4 is 4.74 Å². The van der Waals surface area contributed by atoms with Crippen molar-refractivity contribution in [3.63, 3.8) is 0 Å². The Morgan fingerprint density at radius 2 is 2.07 bits per heavy atom. The van der Waals surface area contributed by atoms with E-state index in [0.29, 0.717) is 30.6 Å². The van der Waals surface area contributed by atoms with Gasteiger partial charge in [-0.2, -0.15) is 13.2 Å². The third-order valence-electron chi connectivity index (χ3n) is 5.04. The van der Waals surface area contributed by atoms with Gasteiger partial charge in [-0.15, -0.1) is 0 Å². The number of pyridine rings is 1. The van der Waals surface area contributed by atoms with E-state index in [2.05, 4.69) is 9.88 Å². The summed E-state index contributed by atoms with van der Waals surface area (Å²) in [5, 5.41) is 7.12. The van der Waals surface area contributed by atoms with Crippen LogP contribution in [-0.4, -0.2) is 59.0 Å². The maximum absolute atomic E-state index is 10.6. The first-order valence-electron chi connectivity index (χ1n) is 9.55. The lowest BCUT2D eigenvalue weighted by Crippen LogP contribution is -2.47. The predicted octanol–water partition coefficient (Wildman–Crippen LogP) is 3.37. The number of halogens is 3. The van der Waals surface area contributed by atoms with Gasteiger partial charge >= 0.3 is 12.1 Å². The Bertz CT molecular complexity index is 785. The van der Waals surface area contributed by atoms with Crippen LogP contribution in [0.5, 0.6) is 5.88 Å². The Morgan fingerprint density at radius 3 is 2.70 bits per heavy atom. The molecule has 2 fully saturated rings. The lowest BCUT2D eigenvalue weighted by Gasteiger charge is -2.37. The molecule has 4 rings (SSSR count). The number of carbonyl (C=O) groups is 1. The smallest absolute Gasteiger partial charge is 0.477 e. The van der Waals surface area contributed by atoms with Gasteiger partial charge in [0.25, 0.3) is 0 Å². The van der Waals surface area contributed by atoms with Crippen molar-refractivity contribution >= 4 is 5.97 Å². The molecule has 2 aromatic heterocycles. The summed E-state index contributed by atoms with van der Waals surface area (Å²) in [4.78, 5) is 15.6. The minimum atomic E-state index is -5.08. The van der Waals surface area contributed by atoms with Crippen LogP contribution in [0.15, 0.2) is 47.2 Å². The van der Waals surface area contributed by atoms with Crippen LogP contribution in [0.4, 0.5) is 13.2 Å². The molecule has 3 atom stereocenters. The quantitative estimate of drug-likeness (QED) is 0.782. The minimum Gasteiger partial charge on any atom is -0.477 e. The van der Waals surface area contributed by atoms with Crippen LogP contribution >= 0.6 is 0 Å². The number of fused-ring (bicyclic) bond motifs is 1. The average Bonchev–Trinajstić information content (AvgIpc) is 3.37. The highest BCUT2D eigenvalue weighted by atomic mass is 19.4. The van der Waals surface area contributed by atoms with E-state index in [1.807, 2.05) is 30.3 Å². The van der Waals surface area contributed by atoms with E-state index >= 15 is 0 Å². The molecule has 1 saturated carbocycles. The third kappa shape index (κ3) is 6.20. The number of ether oxygens (including phenoxy) is 2. The van der Waals surface area contributed by atoms with E-state index in [-0.39, 0.29) is 0 Å². The summed E-state index contributed by atoms with van der Waals surface area (Å²) in [5.74, 6) is -0.508. The van der Waals surface area contributed by atoms with E-state index in [1.165, 1.54) is 0 Å². The van der Waals surface area contributed by atoms with Crippen molar-refractivity contribution in [1.29, 1.82) is 0 Å². The Kier molecular flexibility index (Phi) is 7.33. The Labute approximate surface area is 171 Å². The van der Waals surface area contributed by atoms with Crippen molar-refractivity contribution < 1.29 is 37.0 Å². The molecule has 2 aromatic rings. The number of carboxylic acids is 1. The van der Waals surface area contributed by atoms with Gasteiger partial charge in [0.05, 0.1) is 32.1 Å². The van der Waals surface area contributed by atoms with Crippen molar-refractivity contribution in [3.05, 3.63) is 48.6 Å². The van der Waals surface area contributed by atoms with E-state index in [9.17, 15) is 13.2 Å². The van der Waals surface area contributed by atoms with Gasteiger partial charge < -0.3 is 19.0 Å². The van der Waals surface area contributed by atoms with E-state index in [0.717, 1.165) is 38.3 Å². The first-order valence-corrected chi connectivity index (χ1v) is 9.55. The normalized spacial score (nSPS) is 23.9. The third-order valence-corrected chi connectivity index (χ3v) is 5.04. The highest BCUT2D eigenvalue weighted by Crippen LogP contribution is 2.35. The molecule has 0 aromatic carbocycles. The molecule has 1 aliphatic carbocycles. The number of aromatic nitrogens is 1. The van der Waals surface area contributed by atoms with E-state index in [4.69, 9.17) is 23.8 Å². The Morgan fingerprint density at radius 1 is 1.27 bits per heavy atom. The Hall–Kier alpha value is -2.59. The minimum absolute atomic E-state index is 0.316. The van der Waals surface area contributed by atoms with Crippen LogP contribution in [0.25, 0.3) is 0 Å². The predicted molar refractivity (Wildman–Crippen MR) is 98.8 cm³/mol. The molecule has 164 valence electrons. The lowest BCUT2D eigenvalue weighted by atomic mass is 10.1. The van der Waals surface area contributed by atoms with Gasteiger partial charge in [0.1, 0.15) is 5.76 Å². The standard InChI is InChI=1S/C18H22N2O3.C2HF3O2/c1-2-6-19-18(5-1)23-13-14-10-16-17(11-14)22-9-7-20(16)12-15-4-3-8-21-15;3-2(4,5)1(6)7/h1-6,8,14,16-17H,7,9-13H2;(H,6,7). The highest BCUT2D eigenvalue weighted by molar-refractivity contribution is 5.73. The number of hydrogen-bond acceptors (Lipinski definition) is 6. The summed E-state index contributed by atoms with van der Waals surface area (Å²) in [6.45, 7) is 3.35. The Balaban J connectivity index is 0.000000318. The zero-order valence-electron chi connectivity index (χ0n) is 16.1. The van der Waals surface area contributed by atoms with Crippen molar-refractivity contribution in [1.82, 2.24) is 9.88 Å². The molecule has 1 saturated heterocycles. The van der Waals surface area contributed by atoms with Gasteiger partial charge in [-0.25, -0.2) is 9.78 Å². The molecular formula is C20H23F3N2O5. The van der Waals surface area contributed by atoms with Gasteiger partial charge in [-0.1, -0.05) is 6.07 Å². The molecule has 1 aliphatic heterocycles. The zero-order valence-corrected chi connectivity index (χ0v) is 16.1. The molecule has 3 unspecified atom stereocenters. The van der Waals surface area contributed by atoms with E-state index < -0.39 is 12.1 Å². The van der Waals surface area contributed by atoms with Crippen molar-refractivity contribution in [2.24, 2.45) is 5.92 Å². The molecule has 30 heavy (non-hydrogen) atoms. The maximum atomic E-state index is 10.6. The number of furan rings is 1. The topological polar surface area (TPSA) is 85.0 Å². The second-order valence-corrected chi connectivity index (χ2v) is 7.15. The molecule has 0 radical (unpaired) electrons. The van der Waals surface area contributed by atoms with Crippen molar-refractivity contribution in [3.8, 4) is 5.88 Å². The first-order chi connectivity index (χ1) is 14.3. The molecule has 0 amide bonds. The molecule has 1 N–H and O–H groups in total. The molecule has 3 heterocycles. The molecule has 0 bridgehead atoms. The van der Waals surface area contributed by atoms with Crippen LogP contribution in [0, 0.1) is 5.92 Å². The summed E-state index contributed by atoms with van der Waals surface area (Å²) in [7, 11) is 0. The number of alkyl halides is 3. The summed E-state index contributed by atoms with van der Waals surface area (Å²) < 4.78 is 49.1. The van der Waals surface area contributed by atoms with Gasteiger partial charge in [-0.3, -0.25) is 4.90 Å². The number of nitrogens with zero attached hydrogens (tertiary/aromatic N) is 2. The summed E-state index contributed by atoms with van der Waals surface area (Å²) in [5.41, 5.74) is 0. The van der Waals surface area contributed by atoms with E-state index in [1.54, 1.807) is 12.5 Å². The summed E-state index contributed by atoms with van der Waals surface area (Å²) >= 11 is 0. The second kappa shape index (κ2) is 9.94. The fourth-order valence-corrected chi connectivity index (χ4v) is 3.70. The molecule has 0 spiro atoms. The SMILES string of the molecule is O=C(O)C(F)(F)F.c1ccc(OCC2CC3OCCN(Cc4ccco4)C3C2)nc1. The van der Waals surface area contributed by atoms with Crippen LogP contribution in [-0.2, 0) is 16.1 Å². The fourth-order valence-electron chi connectivity index (χ4n) is 3.70. The average molecular weight is 428 g/mol. The first kappa shape index (κ1) is 22.1. The van der Waals surface area contributed by atoms with Crippen molar-refractivity contribution in [2.45, 2.75) is 37.7 Å². The lowest BCUT2D eigenvalue weighted by molar-refractivity contribution is -0.192. The largest absolute Gasteiger partial charge is 0.490 e. The number of rotatable bonds is 5. The molecule has 2 aliphatic rings. The van der Waals surface area contributed by atoms with Gasteiger partial charge in [-0.05, 0) is 37.0 Å². The summed E-state index contributed by atoms with van der Waals surface area (Å²) in [6.07, 6.45) is 0.907. The summed E-state index contributed by atoms with van der Waals surface area (Å²) in [6, 6.07) is 10.2. The van der Waals surface area contributed by atoms with Crippen molar-refractivity contribution in [2.75, 3.05) is 19.8 Å². The van der Waals surface area contributed by atoms with Gasteiger partial charge in [0.2, 0.25) is 5.88 Å². The zero-order chi connectivity index (χ0) is 21.6. The molecule has 7 nitrogen and oxygen atoms in total. The number of aliphatic carboxylic acids is 1. The van der Waals surface area contributed by atoms with Crippen LogP contribution in [0.2, 0.25) is 0 Å². The second-order valence-electron chi connectivity index (χ2n) is 7.15.